The summed E-state index contributed by atoms with van der Waals surface area (Å²) in [6.07, 6.45) is 6.97. The molecule has 4 aromatic heterocycles. The molecule has 144 valence electrons. The average molecular weight is 387 g/mol. The number of nitrogens with zero attached hydrogens (tertiary/aromatic N) is 6. The first-order valence-electron chi connectivity index (χ1n) is 8.90. The lowest BCUT2D eigenvalue weighted by atomic mass is 10.1. The number of anilines is 2. The molecule has 4 N–H and O–H groups in total. The Morgan fingerprint density at radius 1 is 1.14 bits per heavy atom. The summed E-state index contributed by atoms with van der Waals surface area (Å²) in [5, 5.41) is 19.1. The van der Waals surface area contributed by atoms with Crippen molar-refractivity contribution in [1.29, 1.82) is 5.26 Å². The van der Waals surface area contributed by atoms with Crippen LogP contribution < -0.4 is 15.8 Å². The molecule has 10 heteroatoms. The lowest BCUT2D eigenvalue weighted by molar-refractivity contribution is 0.314. The fraction of sp³-hybridized carbons (Fsp3) is 0.158. The smallest absolute Gasteiger partial charge is 0.158 e. The van der Waals surface area contributed by atoms with Crippen LogP contribution in [0.4, 0.5) is 11.6 Å². The molecule has 0 atom stereocenters. The first-order valence-corrected chi connectivity index (χ1v) is 8.90. The van der Waals surface area contributed by atoms with E-state index in [1.807, 2.05) is 24.3 Å². The summed E-state index contributed by atoms with van der Waals surface area (Å²) in [5.74, 6) is 1.60. The van der Waals surface area contributed by atoms with Crippen molar-refractivity contribution in [3.05, 3.63) is 48.7 Å². The first-order chi connectivity index (χ1) is 14.3. The molecule has 0 saturated carbocycles. The molecule has 0 aliphatic rings. The van der Waals surface area contributed by atoms with Gasteiger partial charge in [0.25, 0.3) is 0 Å². The second-order valence-electron chi connectivity index (χ2n) is 6.05. The maximum absolute atomic E-state index is 8.82. The lowest BCUT2D eigenvalue weighted by Gasteiger charge is -2.11. The number of rotatable bonds is 7. The molecule has 4 rings (SSSR count). The number of H-pyrrole nitrogens is 1. The maximum Gasteiger partial charge on any atom is 0.158 e. The normalized spacial score (nSPS) is 10.6. The second kappa shape index (κ2) is 8.28. The largest absolute Gasteiger partial charge is 0.491 e. The van der Waals surface area contributed by atoms with Crippen LogP contribution in [0, 0.1) is 11.3 Å². The number of ether oxygens (including phenoxy) is 1. The predicted molar refractivity (Wildman–Crippen MR) is 106 cm³/mol. The molecular weight excluding hydrogens is 370 g/mol. The van der Waals surface area contributed by atoms with Crippen LogP contribution in [0.5, 0.6) is 5.75 Å². The third-order valence-corrected chi connectivity index (χ3v) is 4.07. The van der Waals surface area contributed by atoms with Gasteiger partial charge in [0, 0.05) is 12.3 Å². The molecule has 4 aromatic rings. The highest BCUT2D eigenvalue weighted by atomic mass is 16.5. The van der Waals surface area contributed by atoms with Crippen molar-refractivity contribution in [2.24, 2.45) is 5.73 Å². The van der Waals surface area contributed by atoms with E-state index in [4.69, 9.17) is 15.7 Å². The zero-order valence-electron chi connectivity index (χ0n) is 15.3. The Kier molecular flexibility index (Phi) is 5.22. The topological polar surface area (TPSA) is 151 Å². The second-order valence-corrected chi connectivity index (χ2v) is 6.05. The van der Waals surface area contributed by atoms with Gasteiger partial charge in [0.2, 0.25) is 0 Å². The minimum Gasteiger partial charge on any atom is -0.491 e. The Labute approximate surface area is 165 Å². The van der Waals surface area contributed by atoms with Crippen molar-refractivity contribution in [1.82, 2.24) is 30.1 Å². The molecule has 0 amide bonds. The van der Waals surface area contributed by atoms with E-state index >= 15 is 0 Å². The third kappa shape index (κ3) is 3.95. The Morgan fingerprint density at radius 3 is 2.86 bits per heavy atom. The molecule has 4 heterocycles. The molecule has 0 spiro atoms. The van der Waals surface area contributed by atoms with Crippen LogP contribution in [0.2, 0.25) is 0 Å². The molecule has 0 unspecified atom stereocenters. The van der Waals surface area contributed by atoms with Crippen molar-refractivity contribution >= 4 is 22.7 Å². The summed E-state index contributed by atoms with van der Waals surface area (Å²) in [7, 11) is 0. The summed E-state index contributed by atoms with van der Waals surface area (Å²) in [6.45, 7) is 1.02. The lowest BCUT2D eigenvalue weighted by Crippen LogP contribution is -2.07. The van der Waals surface area contributed by atoms with E-state index < -0.39 is 0 Å². The molecule has 0 saturated heterocycles. The first kappa shape index (κ1) is 18.3. The van der Waals surface area contributed by atoms with Crippen LogP contribution in [0.3, 0.4) is 0 Å². The maximum atomic E-state index is 8.82. The van der Waals surface area contributed by atoms with E-state index in [1.54, 1.807) is 12.4 Å². The molecule has 0 bridgehead atoms. The van der Waals surface area contributed by atoms with Gasteiger partial charge in [0.05, 0.1) is 42.0 Å². The monoisotopic (exact) mass is 387 g/mol. The van der Waals surface area contributed by atoms with Gasteiger partial charge in [-0.3, -0.25) is 15.1 Å². The minimum absolute atomic E-state index is 0.242. The van der Waals surface area contributed by atoms with Crippen LogP contribution >= 0.6 is 0 Å². The van der Waals surface area contributed by atoms with Crippen molar-refractivity contribution in [2.45, 2.75) is 6.42 Å². The molecule has 29 heavy (non-hydrogen) atoms. The Bertz CT molecular complexity index is 1160. The van der Waals surface area contributed by atoms with Gasteiger partial charge >= 0.3 is 0 Å². The summed E-state index contributed by atoms with van der Waals surface area (Å²) in [6, 6.07) is 7.47. The minimum atomic E-state index is 0.242. The summed E-state index contributed by atoms with van der Waals surface area (Å²) in [5.41, 5.74) is 8.73. The van der Waals surface area contributed by atoms with E-state index in [0.717, 1.165) is 17.5 Å². The molecule has 0 fully saturated rings. The number of hydrogen-bond donors (Lipinski definition) is 3. The SMILES string of the molecule is N#Cc1cnc(Nc2cc(-c3c(OCCCN)cnc4cccnc34)[nH]n2)cn1. The number of nitrogens with one attached hydrogen (secondary N) is 2. The molecule has 0 radical (unpaired) electrons. The van der Waals surface area contributed by atoms with E-state index in [2.05, 4.69) is 35.5 Å². The number of hydrogen-bond acceptors (Lipinski definition) is 9. The van der Waals surface area contributed by atoms with Gasteiger partial charge < -0.3 is 15.8 Å². The average Bonchev–Trinajstić information content (AvgIpc) is 3.22. The number of pyridine rings is 2. The Hall–Kier alpha value is -4.10. The quantitative estimate of drug-likeness (QED) is 0.405. The van der Waals surface area contributed by atoms with Crippen molar-refractivity contribution < 1.29 is 4.74 Å². The van der Waals surface area contributed by atoms with Gasteiger partial charge in [0.1, 0.15) is 23.2 Å². The molecule has 0 aliphatic heterocycles. The van der Waals surface area contributed by atoms with Gasteiger partial charge in [-0.25, -0.2) is 9.97 Å². The fourth-order valence-corrected chi connectivity index (χ4v) is 2.73. The van der Waals surface area contributed by atoms with Gasteiger partial charge in [0.15, 0.2) is 11.5 Å². The highest BCUT2D eigenvalue weighted by Gasteiger charge is 2.16. The van der Waals surface area contributed by atoms with Gasteiger partial charge in [-0.2, -0.15) is 10.4 Å². The van der Waals surface area contributed by atoms with Gasteiger partial charge in [-0.1, -0.05) is 0 Å². The van der Waals surface area contributed by atoms with Crippen LogP contribution in [0.1, 0.15) is 12.1 Å². The van der Waals surface area contributed by atoms with Crippen molar-refractivity contribution in [3.63, 3.8) is 0 Å². The number of fused-ring (bicyclic) bond motifs is 1. The summed E-state index contributed by atoms with van der Waals surface area (Å²) >= 11 is 0. The summed E-state index contributed by atoms with van der Waals surface area (Å²) in [4.78, 5) is 17.0. The summed E-state index contributed by atoms with van der Waals surface area (Å²) < 4.78 is 5.89. The van der Waals surface area contributed by atoms with Crippen LogP contribution in [0.25, 0.3) is 22.3 Å². The van der Waals surface area contributed by atoms with Gasteiger partial charge in [-0.15, -0.1) is 0 Å². The molecule has 0 aliphatic carbocycles. The van der Waals surface area contributed by atoms with Gasteiger partial charge in [-0.05, 0) is 25.1 Å². The fourth-order valence-electron chi connectivity index (χ4n) is 2.73. The standard InChI is InChI=1S/C19H17N9O/c20-4-2-6-29-15-10-24-13-3-1-5-22-19(13)18(15)14-7-16(28-27-14)26-17-11-23-12(8-21)9-25-17/h1,3,5,7,9-11H,2,4,6,20H2,(H2,25,26,27,28). The number of aromatic amines is 1. The molecule has 10 nitrogen and oxygen atoms in total. The molecule has 0 aromatic carbocycles. The zero-order valence-corrected chi connectivity index (χ0v) is 15.3. The Balaban J connectivity index is 1.68. The highest BCUT2D eigenvalue weighted by Crippen LogP contribution is 2.35. The Morgan fingerprint density at radius 2 is 2.07 bits per heavy atom. The van der Waals surface area contributed by atoms with E-state index in [-0.39, 0.29) is 5.69 Å². The predicted octanol–water partition coefficient (Wildman–Crippen LogP) is 2.15. The van der Waals surface area contributed by atoms with Crippen molar-refractivity contribution in [3.8, 4) is 23.1 Å². The third-order valence-electron chi connectivity index (χ3n) is 4.07. The number of nitrogens with two attached hydrogens (primary N) is 1. The van der Waals surface area contributed by atoms with Crippen molar-refractivity contribution in [2.75, 3.05) is 18.5 Å². The van der Waals surface area contributed by atoms with Crippen LogP contribution in [-0.2, 0) is 0 Å². The van der Waals surface area contributed by atoms with E-state index in [0.29, 0.717) is 41.7 Å². The molecular formula is C19H17N9O. The number of aromatic nitrogens is 6. The van der Waals surface area contributed by atoms with Crippen LogP contribution in [0.15, 0.2) is 43.0 Å². The number of nitriles is 1. The van der Waals surface area contributed by atoms with E-state index in [1.165, 1.54) is 12.4 Å². The highest BCUT2D eigenvalue weighted by molar-refractivity contribution is 5.93. The van der Waals surface area contributed by atoms with Crippen LogP contribution in [-0.4, -0.2) is 43.3 Å². The van der Waals surface area contributed by atoms with E-state index in [9.17, 15) is 0 Å². The zero-order chi connectivity index (χ0) is 20.1.